The number of hydrogen-bond donors (Lipinski definition) is 2. The van der Waals surface area contributed by atoms with Crippen molar-refractivity contribution in [1.29, 1.82) is 0 Å². The average Bonchev–Trinajstić information content (AvgIpc) is 2.52. The first-order chi connectivity index (χ1) is 11.4. The molecule has 0 aliphatic heterocycles. The highest BCUT2D eigenvalue weighted by molar-refractivity contribution is 7.99. The van der Waals surface area contributed by atoms with Crippen LogP contribution in [0.25, 0.3) is 0 Å². The Balaban J connectivity index is 2.20. The first-order valence-electron chi connectivity index (χ1n) is 7.07. The van der Waals surface area contributed by atoms with Crippen LogP contribution in [0.3, 0.4) is 0 Å². The molecule has 2 amide bonds. The van der Waals surface area contributed by atoms with E-state index in [1.165, 1.54) is 24.9 Å². The number of aromatic nitrogens is 1. The number of carbonyl (C=O) groups is 2. The molecule has 0 saturated heterocycles. The maximum absolute atomic E-state index is 13.8. The van der Waals surface area contributed by atoms with Gasteiger partial charge in [0.05, 0.1) is 22.0 Å². The SMILES string of the molecule is CCSc1ccc(C(=O)Nc2cc(NC(C)=O)c(F)cc2F)cn1. The van der Waals surface area contributed by atoms with E-state index in [0.717, 1.165) is 16.8 Å². The lowest BCUT2D eigenvalue weighted by atomic mass is 10.2. The Bertz CT molecular complexity index is 767. The van der Waals surface area contributed by atoms with E-state index in [1.54, 1.807) is 12.1 Å². The second-order valence-electron chi connectivity index (χ2n) is 4.77. The monoisotopic (exact) mass is 351 g/mol. The minimum atomic E-state index is -0.943. The number of anilines is 2. The normalized spacial score (nSPS) is 10.3. The molecular weight excluding hydrogens is 336 g/mol. The molecule has 0 spiro atoms. The first kappa shape index (κ1) is 17.9. The Morgan fingerprint density at radius 2 is 1.79 bits per heavy atom. The van der Waals surface area contributed by atoms with Gasteiger partial charge in [0.15, 0.2) is 0 Å². The molecule has 126 valence electrons. The molecule has 0 aliphatic carbocycles. The van der Waals surface area contributed by atoms with Gasteiger partial charge in [-0.05, 0) is 24.0 Å². The molecule has 0 aliphatic rings. The average molecular weight is 351 g/mol. The Kier molecular flexibility index (Phi) is 5.86. The molecule has 1 heterocycles. The number of thioether (sulfide) groups is 1. The van der Waals surface area contributed by atoms with Crippen LogP contribution < -0.4 is 10.6 Å². The van der Waals surface area contributed by atoms with Crippen LogP contribution in [-0.2, 0) is 4.79 Å². The third kappa shape index (κ3) is 4.51. The van der Waals surface area contributed by atoms with Gasteiger partial charge in [-0.25, -0.2) is 13.8 Å². The van der Waals surface area contributed by atoms with Crippen LogP contribution in [0.5, 0.6) is 0 Å². The van der Waals surface area contributed by atoms with E-state index < -0.39 is 23.4 Å². The number of nitrogens with one attached hydrogen (secondary N) is 2. The molecule has 8 heteroatoms. The lowest BCUT2D eigenvalue weighted by Crippen LogP contribution is -2.15. The van der Waals surface area contributed by atoms with Crippen molar-refractivity contribution in [2.45, 2.75) is 18.9 Å². The highest BCUT2D eigenvalue weighted by atomic mass is 32.2. The van der Waals surface area contributed by atoms with Gasteiger partial charge in [-0.15, -0.1) is 11.8 Å². The van der Waals surface area contributed by atoms with E-state index in [0.29, 0.717) is 6.07 Å². The quantitative estimate of drug-likeness (QED) is 0.806. The van der Waals surface area contributed by atoms with Gasteiger partial charge in [-0.1, -0.05) is 6.92 Å². The van der Waals surface area contributed by atoms with Crippen LogP contribution in [0.2, 0.25) is 0 Å². The third-order valence-corrected chi connectivity index (χ3v) is 3.73. The Morgan fingerprint density at radius 3 is 2.33 bits per heavy atom. The van der Waals surface area contributed by atoms with E-state index in [2.05, 4.69) is 15.6 Å². The minimum Gasteiger partial charge on any atom is -0.324 e. The summed E-state index contributed by atoms with van der Waals surface area (Å²) in [4.78, 5) is 27.3. The maximum Gasteiger partial charge on any atom is 0.257 e. The molecule has 5 nitrogen and oxygen atoms in total. The van der Waals surface area contributed by atoms with Crippen molar-refractivity contribution in [3.63, 3.8) is 0 Å². The fraction of sp³-hybridized carbons (Fsp3) is 0.188. The van der Waals surface area contributed by atoms with Crippen molar-refractivity contribution in [3.05, 3.63) is 47.7 Å². The van der Waals surface area contributed by atoms with Crippen LogP contribution in [0.15, 0.2) is 35.5 Å². The van der Waals surface area contributed by atoms with Crippen molar-refractivity contribution < 1.29 is 18.4 Å². The van der Waals surface area contributed by atoms with Gasteiger partial charge >= 0.3 is 0 Å². The van der Waals surface area contributed by atoms with E-state index in [9.17, 15) is 18.4 Å². The topological polar surface area (TPSA) is 71.1 Å². The predicted octanol–water partition coefficient (Wildman–Crippen LogP) is 3.68. The van der Waals surface area contributed by atoms with Crippen molar-refractivity contribution >= 4 is 35.0 Å². The fourth-order valence-electron chi connectivity index (χ4n) is 1.87. The summed E-state index contributed by atoms with van der Waals surface area (Å²) in [6.45, 7) is 3.18. The van der Waals surface area contributed by atoms with E-state index in [-0.39, 0.29) is 16.9 Å². The number of carbonyl (C=O) groups excluding carboxylic acids is 2. The van der Waals surface area contributed by atoms with Gasteiger partial charge in [-0.2, -0.15) is 0 Å². The molecule has 1 aromatic carbocycles. The highest BCUT2D eigenvalue weighted by Crippen LogP contribution is 2.24. The van der Waals surface area contributed by atoms with Crippen LogP contribution in [-0.4, -0.2) is 22.6 Å². The van der Waals surface area contributed by atoms with Gasteiger partial charge in [0.25, 0.3) is 5.91 Å². The summed E-state index contributed by atoms with van der Waals surface area (Å²) >= 11 is 1.53. The number of rotatable bonds is 5. The number of hydrogen-bond acceptors (Lipinski definition) is 4. The van der Waals surface area contributed by atoms with Crippen molar-refractivity contribution in [2.24, 2.45) is 0 Å². The van der Waals surface area contributed by atoms with E-state index >= 15 is 0 Å². The molecule has 0 unspecified atom stereocenters. The molecule has 1 aromatic heterocycles. The molecule has 24 heavy (non-hydrogen) atoms. The second-order valence-corrected chi connectivity index (χ2v) is 6.05. The van der Waals surface area contributed by atoms with Gasteiger partial charge in [0.1, 0.15) is 11.6 Å². The molecular formula is C16H15F2N3O2S. The number of nitrogens with zero attached hydrogens (tertiary/aromatic N) is 1. The van der Waals surface area contributed by atoms with Crippen molar-refractivity contribution in [1.82, 2.24) is 4.98 Å². The number of pyridine rings is 1. The highest BCUT2D eigenvalue weighted by Gasteiger charge is 2.14. The van der Waals surface area contributed by atoms with Crippen LogP contribution in [0.1, 0.15) is 24.2 Å². The first-order valence-corrected chi connectivity index (χ1v) is 8.06. The second kappa shape index (κ2) is 7.87. The Hall–Kier alpha value is -2.48. The number of amides is 2. The van der Waals surface area contributed by atoms with Crippen LogP contribution in [0, 0.1) is 11.6 Å². The lowest BCUT2D eigenvalue weighted by molar-refractivity contribution is -0.114. The van der Waals surface area contributed by atoms with E-state index in [4.69, 9.17) is 0 Å². The summed E-state index contributed by atoms with van der Waals surface area (Å²) in [7, 11) is 0. The largest absolute Gasteiger partial charge is 0.324 e. The van der Waals surface area contributed by atoms with Crippen molar-refractivity contribution in [2.75, 3.05) is 16.4 Å². The van der Waals surface area contributed by atoms with Crippen molar-refractivity contribution in [3.8, 4) is 0 Å². The third-order valence-electron chi connectivity index (χ3n) is 2.91. The molecule has 2 rings (SSSR count). The zero-order chi connectivity index (χ0) is 17.7. The van der Waals surface area contributed by atoms with E-state index in [1.807, 2.05) is 6.92 Å². The molecule has 0 bridgehead atoms. The zero-order valence-electron chi connectivity index (χ0n) is 13.0. The van der Waals surface area contributed by atoms with Gasteiger partial charge in [0, 0.05) is 19.2 Å². The summed E-state index contributed by atoms with van der Waals surface area (Å²) in [5.41, 5.74) is -0.218. The molecule has 0 saturated carbocycles. The Morgan fingerprint density at radius 1 is 1.12 bits per heavy atom. The summed E-state index contributed by atoms with van der Waals surface area (Å²) in [6, 6.07) is 4.88. The fourth-order valence-corrected chi connectivity index (χ4v) is 2.46. The van der Waals surface area contributed by atoms with Crippen LogP contribution >= 0.6 is 11.8 Å². The standard InChI is InChI=1S/C16H15F2N3O2S/c1-3-24-15-5-4-10(8-19-15)16(23)21-14-7-13(20-9(2)22)11(17)6-12(14)18/h4-8H,3H2,1-2H3,(H,20,22)(H,21,23). The zero-order valence-corrected chi connectivity index (χ0v) is 13.8. The maximum atomic E-state index is 13.8. The lowest BCUT2D eigenvalue weighted by Gasteiger charge is -2.10. The number of benzene rings is 1. The minimum absolute atomic E-state index is 0.216. The summed E-state index contributed by atoms with van der Waals surface area (Å²) in [6.07, 6.45) is 1.38. The molecule has 0 atom stereocenters. The number of halogens is 2. The molecule has 2 aromatic rings. The summed E-state index contributed by atoms with van der Waals surface area (Å²) in [5.74, 6) is -2.11. The van der Waals surface area contributed by atoms with Gasteiger partial charge in [0.2, 0.25) is 5.91 Å². The molecule has 0 radical (unpaired) electrons. The van der Waals surface area contributed by atoms with Gasteiger partial charge < -0.3 is 10.6 Å². The molecule has 2 N–H and O–H groups in total. The molecule has 0 fully saturated rings. The smallest absolute Gasteiger partial charge is 0.257 e. The summed E-state index contributed by atoms with van der Waals surface area (Å²) in [5, 5.41) is 5.34. The predicted molar refractivity (Wildman–Crippen MR) is 89.2 cm³/mol. The van der Waals surface area contributed by atoms with Gasteiger partial charge in [-0.3, -0.25) is 9.59 Å². The summed E-state index contributed by atoms with van der Waals surface area (Å²) < 4.78 is 27.4. The van der Waals surface area contributed by atoms with Crippen LogP contribution in [0.4, 0.5) is 20.2 Å². The Labute approximate surface area is 141 Å².